The van der Waals surface area contributed by atoms with Crippen LogP contribution >= 0.6 is 0 Å². The first-order chi connectivity index (χ1) is 10.6. The first-order valence-electron chi connectivity index (χ1n) is 8.63. The number of hydrogen-bond acceptors (Lipinski definition) is 3. The molecule has 1 aromatic rings. The minimum Gasteiger partial charge on any atom is -0.504 e. The molecule has 4 rings (SSSR count). The second-order valence-electron chi connectivity index (χ2n) is 7.74. The van der Waals surface area contributed by atoms with E-state index < -0.39 is 0 Å². The van der Waals surface area contributed by atoms with Gasteiger partial charge >= 0.3 is 0 Å². The summed E-state index contributed by atoms with van der Waals surface area (Å²) in [6.07, 6.45) is 6.42. The number of ether oxygens (including phenoxy) is 1. The maximum Gasteiger partial charge on any atom is 0.163 e. The van der Waals surface area contributed by atoms with Crippen LogP contribution in [0.3, 0.4) is 0 Å². The molecule has 1 aromatic carbocycles. The molecular formula is C19H26O3. The lowest BCUT2D eigenvalue weighted by Gasteiger charge is -2.50. The summed E-state index contributed by atoms with van der Waals surface area (Å²) in [5.74, 6) is 2.83. The zero-order valence-electron chi connectivity index (χ0n) is 13.5. The van der Waals surface area contributed by atoms with Gasteiger partial charge in [-0.1, -0.05) is 13.0 Å². The summed E-state index contributed by atoms with van der Waals surface area (Å²) in [5, 5.41) is 20.5. The fourth-order valence-corrected chi connectivity index (χ4v) is 5.82. The van der Waals surface area contributed by atoms with Crippen molar-refractivity contribution in [3.63, 3.8) is 0 Å². The van der Waals surface area contributed by atoms with Gasteiger partial charge in [-0.2, -0.15) is 0 Å². The van der Waals surface area contributed by atoms with Crippen LogP contribution in [0, 0.1) is 17.3 Å². The van der Waals surface area contributed by atoms with E-state index in [-0.39, 0.29) is 17.3 Å². The summed E-state index contributed by atoms with van der Waals surface area (Å²) in [5.41, 5.74) is 2.72. The molecule has 5 atom stereocenters. The summed E-state index contributed by atoms with van der Waals surface area (Å²) in [4.78, 5) is 0. The minimum atomic E-state index is -0.116. The Bertz CT molecular complexity index is 597. The predicted molar refractivity (Wildman–Crippen MR) is 85.3 cm³/mol. The van der Waals surface area contributed by atoms with E-state index in [0.717, 1.165) is 32.1 Å². The Morgan fingerprint density at radius 1 is 1.18 bits per heavy atom. The third-order valence-corrected chi connectivity index (χ3v) is 6.99. The Hall–Kier alpha value is -1.22. The molecule has 0 bridgehead atoms. The van der Waals surface area contributed by atoms with Crippen molar-refractivity contribution in [3.8, 4) is 11.5 Å². The molecule has 0 unspecified atom stereocenters. The predicted octanol–water partition coefficient (Wildman–Crippen LogP) is 3.62. The maximum absolute atomic E-state index is 10.4. The van der Waals surface area contributed by atoms with Gasteiger partial charge in [0, 0.05) is 5.56 Å². The van der Waals surface area contributed by atoms with Crippen LogP contribution in [0.15, 0.2) is 12.1 Å². The molecule has 22 heavy (non-hydrogen) atoms. The fourth-order valence-electron chi connectivity index (χ4n) is 5.82. The SMILES string of the molecule is COc1c(O)ccc2c1CC[C@H]1[C@H]2CC[C@]2(C)[C@@H](O)CC[C@@H]12. The van der Waals surface area contributed by atoms with Crippen LogP contribution in [-0.4, -0.2) is 23.4 Å². The summed E-state index contributed by atoms with van der Waals surface area (Å²) >= 11 is 0. The standard InChI is InChI=1S/C19H26O3/c1-19-10-9-12-11-5-7-16(20)18(22-2)14(11)4-3-13(12)15(19)6-8-17(19)21/h5,7,12-13,15,17,20-21H,3-4,6,8-10H2,1-2H3/t12-,13-,15-,17-,19-/m0/s1. The summed E-state index contributed by atoms with van der Waals surface area (Å²) in [7, 11) is 1.65. The molecule has 0 radical (unpaired) electrons. The van der Waals surface area contributed by atoms with Gasteiger partial charge in [-0.25, -0.2) is 0 Å². The molecule has 120 valence electrons. The van der Waals surface area contributed by atoms with Gasteiger partial charge in [-0.05, 0) is 73.3 Å². The summed E-state index contributed by atoms with van der Waals surface area (Å²) in [6, 6.07) is 3.90. The smallest absolute Gasteiger partial charge is 0.163 e. The number of aliphatic hydroxyl groups excluding tert-OH is 1. The third-order valence-electron chi connectivity index (χ3n) is 6.99. The van der Waals surface area contributed by atoms with Crippen LogP contribution in [0.25, 0.3) is 0 Å². The summed E-state index contributed by atoms with van der Waals surface area (Å²) in [6.45, 7) is 2.30. The normalized spacial score (nSPS) is 39.8. The van der Waals surface area contributed by atoms with Crippen molar-refractivity contribution >= 4 is 0 Å². The first kappa shape index (κ1) is 14.4. The van der Waals surface area contributed by atoms with Crippen molar-refractivity contribution in [2.45, 2.75) is 57.5 Å². The van der Waals surface area contributed by atoms with E-state index in [1.807, 2.05) is 0 Å². The van der Waals surface area contributed by atoms with Gasteiger partial charge in [-0.15, -0.1) is 0 Å². The van der Waals surface area contributed by atoms with Crippen LogP contribution in [-0.2, 0) is 6.42 Å². The van der Waals surface area contributed by atoms with E-state index in [1.54, 1.807) is 13.2 Å². The number of methoxy groups -OCH3 is 1. The van der Waals surface area contributed by atoms with Gasteiger partial charge in [0.15, 0.2) is 11.5 Å². The number of aliphatic hydroxyl groups is 1. The zero-order valence-corrected chi connectivity index (χ0v) is 13.5. The Kier molecular flexibility index (Phi) is 3.19. The number of fused-ring (bicyclic) bond motifs is 5. The van der Waals surface area contributed by atoms with Gasteiger partial charge in [0.05, 0.1) is 13.2 Å². The van der Waals surface area contributed by atoms with Gasteiger partial charge in [0.2, 0.25) is 0 Å². The Morgan fingerprint density at radius 2 is 2.00 bits per heavy atom. The maximum atomic E-state index is 10.4. The molecular weight excluding hydrogens is 276 g/mol. The molecule has 0 spiro atoms. The molecule has 0 aliphatic heterocycles. The van der Waals surface area contributed by atoms with Crippen LogP contribution in [0.2, 0.25) is 0 Å². The highest BCUT2D eigenvalue weighted by Crippen LogP contribution is 2.61. The van der Waals surface area contributed by atoms with E-state index in [0.29, 0.717) is 23.5 Å². The first-order valence-corrected chi connectivity index (χ1v) is 8.63. The molecule has 3 aliphatic rings. The molecule has 3 heteroatoms. The fraction of sp³-hybridized carbons (Fsp3) is 0.684. The van der Waals surface area contributed by atoms with Gasteiger partial charge < -0.3 is 14.9 Å². The third kappa shape index (κ3) is 1.78. The van der Waals surface area contributed by atoms with Crippen molar-refractivity contribution in [2.75, 3.05) is 7.11 Å². The second-order valence-corrected chi connectivity index (χ2v) is 7.74. The molecule has 0 aromatic heterocycles. The van der Waals surface area contributed by atoms with Gasteiger partial charge in [0.25, 0.3) is 0 Å². The van der Waals surface area contributed by atoms with E-state index in [1.165, 1.54) is 17.5 Å². The summed E-state index contributed by atoms with van der Waals surface area (Å²) < 4.78 is 5.46. The van der Waals surface area contributed by atoms with Crippen LogP contribution in [0.4, 0.5) is 0 Å². The van der Waals surface area contributed by atoms with E-state index in [4.69, 9.17) is 4.74 Å². The number of phenols is 1. The number of hydrogen-bond donors (Lipinski definition) is 2. The lowest BCUT2D eigenvalue weighted by Crippen LogP contribution is -2.43. The average molecular weight is 302 g/mol. The van der Waals surface area contributed by atoms with Crippen LogP contribution in [0.1, 0.15) is 56.1 Å². The highest BCUT2D eigenvalue weighted by atomic mass is 16.5. The lowest BCUT2D eigenvalue weighted by atomic mass is 9.55. The van der Waals surface area contributed by atoms with Crippen molar-refractivity contribution in [1.29, 1.82) is 0 Å². The molecule has 0 saturated heterocycles. The van der Waals surface area contributed by atoms with Gasteiger partial charge in [0.1, 0.15) is 0 Å². The monoisotopic (exact) mass is 302 g/mol. The topological polar surface area (TPSA) is 49.7 Å². The van der Waals surface area contributed by atoms with E-state index in [2.05, 4.69) is 13.0 Å². The van der Waals surface area contributed by atoms with Crippen LogP contribution < -0.4 is 4.74 Å². The van der Waals surface area contributed by atoms with E-state index in [9.17, 15) is 10.2 Å². The van der Waals surface area contributed by atoms with Crippen molar-refractivity contribution in [1.82, 2.24) is 0 Å². The number of rotatable bonds is 1. The Morgan fingerprint density at radius 3 is 2.77 bits per heavy atom. The number of aromatic hydroxyl groups is 1. The van der Waals surface area contributed by atoms with Crippen molar-refractivity contribution in [3.05, 3.63) is 23.3 Å². The quantitative estimate of drug-likeness (QED) is 0.833. The second kappa shape index (κ2) is 4.89. The highest BCUT2D eigenvalue weighted by Gasteiger charge is 2.54. The largest absolute Gasteiger partial charge is 0.504 e. The number of phenolic OH excluding ortho intramolecular Hbond substituents is 1. The molecule has 3 aliphatic carbocycles. The van der Waals surface area contributed by atoms with Gasteiger partial charge in [-0.3, -0.25) is 0 Å². The Labute approximate surface area is 132 Å². The molecule has 2 N–H and O–H groups in total. The molecule has 0 amide bonds. The molecule has 3 nitrogen and oxygen atoms in total. The zero-order chi connectivity index (χ0) is 15.5. The Balaban J connectivity index is 1.74. The molecule has 0 heterocycles. The molecule has 2 saturated carbocycles. The minimum absolute atomic E-state index is 0.116. The van der Waals surface area contributed by atoms with E-state index >= 15 is 0 Å². The van der Waals surface area contributed by atoms with Crippen molar-refractivity contribution < 1.29 is 14.9 Å². The number of benzene rings is 1. The highest BCUT2D eigenvalue weighted by molar-refractivity contribution is 5.52. The van der Waals surface area contributed by atoms with Crippen molar-refractivity contribution in [2.24, 2.45) is 17.3 Å². The average Bonchev–Trinajstić information content (AvgIpc) is 2.82. The lowest BCUT2D eigenvalue weighted by molar-refractivity contribution is -0.0227. The van der Waals surface area contributed by atoms with Crippen LogP contribution in [0.5, 0.6) is 11.5 Å². The molecule has 2 fully saturated rings.